The van der Waals surface area contributed by atoms with E-state index in [0.717, 1.165) is 11.4 Å². The smallest absolute Gasteiger partial charge is 0.223 e. The van der Waals surface area contributed by atoms with Crippen LogP contribution in [-0.2, 0) is 9.57 Å². The molecule has 0 radical (unpaired) electrons. The summed E-state index contributed by atoms with van der Waals surface area (Å²) in [4.78, 5) is 15.0. The van der Waals surface area contributed by atoms with E-state index in [-0.39, 0.29) is 0 Å². The van der Waals surface area contributed by atoms with Crippen molar-refractivity contribution in [2.45, 2.75) is 30.3 Å². The molecule has 9 nitrogen and oxygen atoms in total. The third-order valence-electron chi connectivity index (χ3n) is 5.06. The monoisotopic (exact) mass is 370 g/mol. The Labute approximate surface area is 154 Å². The van der Waals surface area contributed by atoms with Crippen molar-refractivity contribution in [1.82, 2.24) is 5.06 Å². The van der Waals surface area contributed by atoms with Crippen LogP contribution in [-0.4, -0.2) is 69.3 Å². The molecule has 4 aliphatic rings. The number of nitrogens with zero attached hydrogens (tertiary/aromatic N) is 3. The van der Waals surface area contributed by atoms with Crippen LogP contribution in [0.5, 0.6) is 0 Å². The normalized spacial score (nSPS) is 35.9. The van der Waals surface area contributed by atoms with Gasteiger partial charge < -0.3 is 25.4 Å². The Morgan fingerprint density at radius 2 is 2.11 bits per heavy atom. The number of aliphatic hydroxyl groups is 3. The summed E-state index contributed by atoms with van der Waals surface area (Å²) in [6, 6.07) is 7.62. The first-order chi connectivity index (χ1) is 13.1. The zero-order valence-corrected chi connectivity index (χ0v) is 14.1. The van der Waals surface area contributed by atoms with Crippen molar-refractivity contribution in [3.05, 3.63) is 48.2 Å². The minimum atomic E-state index is -1.31. The molecule has 3 heterocycles. The third kappa shape index (κ3) is 2.30. The third-order valence-corrected chi connectivity index (χ3v) is 5.06. The number of aliphatic hydroxyl groups excluding tert-OH is 3. The molecule has 1 saturated heterocycles. The number of hydroxylamine groups is 2. The number of aliphatic imine (C=N–C) groups is 2. The predicted octanol–water partition coefficient (Wildman–Crippen LogP) is 0.0491. The quantitative estimate of drug-likeness (QED) is 0.594. The maximum atomic E-state index is 10.2. The van der Waals surface area contributed by atoms with E-state index in [1.807, 2.05) is 42.5 Å². The largest absolute Gasteiger partial charge is 0.394 e. The van der Waals surface area contributed by atoms with Crippen molar-refractivity contribution >= 4 is 23.4 Å². The van der Waals surface area contributed by atoms with Crippen LogP contribution in [0.4, 0.5) is 11.4 Å². The first-order valence-electron chi connectivity index (χ1n) is 8.61. The summed E-state index contributed by atoms with van der Waals surface area (Å²) in [5, 5.41) is 34.3. The molecule has 5 rings (SSSR count). The second kappa shape index (κ2) is 5.98. The van der Waals surface area contributed by atoms with E-state index in [4.69, 9.17) is 14.6 Å². The number of rotatable bonds is 3. The average molecular weight is 370 g/mol. The first kappa shape index (κ1) is 16.6. The number of fused-ring (bicyclic) bond motifs is 1. The molecule has 0 saturated carbocycles. The molecule has 0 amide bonds. The molecule has 4 N–H and O–H groups in total. The van der Waals surface area contributed by atoms with Crippen molar-refractivity contribution in [2.24, 2.45) is 9.98 Å². The van der Waals surface area contributed by atoms with E-state index in [9.17, 15) is 15.3 Å². The highest BCUT2D eigenvalue weighted by Gasteiger charge is 2.54. The van der Waals surface area contributed by atoms with Gasteiger partial charge in [0.05, 0.1) is 29.4 Å². The number of hydrogen-bond acceptors (Lipinski definition) is 9. The Hall–Kier alpha value is -2.56. The van der Waals surface area contributed by atoms with Gasteiger partial charge in [-0.15, -0.1) is 0 Å². The number of benzene rings is 1. The van der Waals surface area contributed by atoms with Crippen LogP contribution in [0.1, 0.15) is 0 Å². The zero-order chi connectivity index (χ0) is 18.6. The SMILES string of the molecule is OC[C@H]1O[C@@H](ON2C=NC3=CC=CC4=Nc5ccccc5NC342)[C@H](O)[C@@H]1O. The van der Waals surface area contributed by atoms with Crippen LogP contribution in [0.15, 0.2) is 58.2 Å². The Balaban J connectivity index is 1.50. The van der Waals surface area contributed by atoms with Gasteiger partial charge in [-0.25, -0.2) is 19.9 Å². The lowest BCUT2D eigenvalue weighted by atomic mass is 9.92. The Morgan fingerprint density at radius 1 is 1.26 bits per heavy atom. The van der Waals surface area contributed by atoms with Crippen molar-refractivity contribution in [3.8, 4) is 0 Å². The van der Waals surface area contributed by atoms with Crippen molar-refractivity contribution in [2.75, 3.05) is 11.9 Å². The molecule has 140 valence electrons. The van der Waals surface area contributed by atoms with E-state index in [1.54, 1.807) is 0 Å². The average Bonchev–Trinajstić information content (AvgIpc) is 3.17. The van der Waals surface area contributed by atoms with E-state index in [0.29, 0.717) is 11.4 Å². The van der Waals surface area contributed by atoms with E-state index in [1.165, 1.54) is 11.4 Å². The fourth-order valence-electron chi connectivity index (χ4n) is 3.64. The fraction of sp³-hybridized carbons (Fsp3) is 0.333. The molecule has 0 aromatic heterocycles. The predicted molar refractivity (Wildman–Crippen MR) is 96.3 cm³/mol. The Morgan fingerprint density at radius 3 is 2.93 bits per heavy atom. The van der Waals surface area contributed by atoms with Crippen LogP contribution >= 0.6 is 0 Å². The molecule has 1 spiro atoms. The molecule has 1 aliphatic carbocycles. The van der Waals surface area contributed by atoms with Crippen molar-refractivity contribution in [1.29, 1.82) is 0 Å². The lowest BCUT2D eigenvalue weighted by molar-refractivity contribution is -0.272. The summed E-state index contributed by atoms with van der Waals surface area (Å²) in [6.45, 7) is -0.427. The lowest BCUT2D eigenvalue weighted by Crippen LogP contribution is -2.60. The van der Waals surface area contributed by atoms with Gasteiger partial charge in [0.2, 0.25) is 12.0 Å². The molecule has 9 heteroatoms. The van der Waals surface area contributed by atoms with Crippen LogP contribution in [0.2, 0.25) is 0 Å². The zero-order valence-electron chi connectivity index (χ0n) is 14.1. The number of allylic oxidation sites excluding steroid dienone is 2. The fourth-order valence-corrected chi connectivity index (χ4v) is 3.64. The highest BCUT2D eigenvalue weighted by atomic mass is 16.8. The molecule has 1 unspecified atom stereocenters. The Kier molecular flexibility index (Phi) is 3.67. The van der Waals surface area contributed by atoms with Gasteiger partial charge in [0, 0.05) is 0 Å². The van der Waals surface area contributed by atoms with Gasteiger partial charge in [-0.05, 0) is 24.3 Å². The highest BCUT2D eigenvalue weighted by Crippen LogP contribution is 2.43. The second-order valence-electron chi connectivity index (χ2n) is 6.64. The summed E-state index contributed by atoms with van der Waals surface area (Å²) in [7, 11) is 0. The topological polar surface area (TPSA) is 119 Å². The molecule has 1 aromatic carbocycles. The van der Waals surface area contributed by atoms with Gasteiger partial charge in [0.25, 0.3) is 0 Å². The lowest BCUT2D eigenvalue weighted by Gasteiger charge is -2.43. The molecule has 27 heavy (non-hydrogen) atoms. The molecule has 5 atom stereocenters. The number of ether oxygens (including phenoxy) is 1. The van der Waals surface area contributed by atoms with Gasteiger partial charge >= 0.3 is 0 Å². The Bertz CT molecular complexity index is 897. The minimum Gasteiger partial charge on any atom is -0.394 e. The maximum absolute atomic E-state index is 10.2. The summed E-state index contributed by atoms with van der Waals surface area (Å²) in [5.41, 5.74) is 1.94. The molecule has 1 fully saturated rings. The standard InChI is InChI=1S/C18H18N4O5/c23-8-12-15(24)16(25)17(26-12)27-22-9-19-13-6-3-7-14-18(13,22)21-11-5-2-1-4-10(11)20-14/h1-7,9,12,15-17,21,23-25H,8H2/t12-,15-,16-,17+,18?/m1/s1. The van der Waals surface area contributed by atoms with Gasteiger partial charge in [0.15, 0.2) is 0 Å². The molecule has 3 aliphatic heterocycles. The second-order valence-corrected chi connectivity index (χ2v) is 6.64. The highest BCUT2D eigenvalue weighted by molar-refractivity contribution is 6.13. The van der Waals surface area contributed by atoms with Gasteiger partial charge in [-0.3, -0.25) is 0 Å². The molecule has 0 bridgehead atoms. The number of para-hydroxylation sites is 2. The number of hydrogen-bond donors (Lipinski definition) is 4. The van der Waals surface area contributed by atoms with Crippen LogP contribution < -0.4 is 5.32 Å². The van der Waals surface area contributed by atoms with Crippen molar-refractivity contribution in [3.63, 3.8) is 0 Å². The van der Waals surface area contributed by atoms with Gasteiger partial charge in [0.1, 0.15) is 24.7 Å². The number of nitrogens with one attached hydrogen (secondary N) is 1. The minimum absolute atomic E-state index is 0.427. The number of anilines is 1. The summed E-state index contributed by atoms with van der Waals surface area (Å²) < 4.78 is 5.44. The van der Waals surface area contributed by atoms with E-state index < -0.39 is 36.9 Å². The van der Waals surface area contributed by atoms with Crippen LogP contribution in [0.25, 0.3) is 0 Å². The first-order valence-corrected chi connectivity index (χ1v) is 8.61. The summed E-state index contributed by atoms with van der Waals surface area (Å²) in [6.07, 6.45) is 2.40. The molecular formula is C18H18N4O5. The van der Waals surface area contributed by atoms with Gasteiger partial charge in [-0.1, -0.05) is 18.2 Å². The summed E-state index contributed by atoms with van der Waals surface area (Å²) in [5.74, 6) is 0. The van der Waals surface area contributed by atoms with Gasteiger partial charge in [-0.2, -0.15) is 0 Å². The van der Waals surface area contributed by atoms with Crippen molar-refractivity contribution < 1.29 is 24.9 Å². The maximum Gasteiger partial charge on any atom is 0.223 e. The van der Waals surface area contributed by atoms with E-state index >= 15 is 0 Å². The van der Waals surface area contributed by atoms with Crippen LogP contribution in [0, 0.1) is 0 Å². The summed E-state index contributed by atoms with van der Waals surface area (Å²) >= 11 is 0. The molecule has 1 aromatic rings. The van der Waals surface area contributed by atoms with E-state index in [2.05, 4.69) is 10.3 Å². The molecular weight excluding hydrogens is 352 g/mol. The van der Waals surface area contributed by atoms with Crippen LogP contribution in [0.3, 0.4) is 0 Å².